The topological polar surface area (TPSA) is 102 Å². The summed E-state index contributed by atoms with van der Waals surface area (Å²) in [5, 5.41) is 22.0. The van der Waals surface area contributed by atoms with Crippen LogP contribution >= 0.6 is 0 Å². The molecule has 3 N–H and O–H groups in total. The molecule has 2 aliphatic carbocycles. The fourth-order valence-corrected chi connectivity index (χ4v) is 4.09. The van der Waals surface area contributed by atoms with Gasteiger partial charge in [-0.05, 0) is 49.4 Å². The van der Waals surface area contributed by atoms with E-state index in [4.69, 9.17) is 5.41 Å². The van der Waals surface area contributed by atoms with Crippen LogP contribution in [0.4, 0.5) is 11.6 Å². The van der Waals surface area contributed by atoms with Crippen molar-refractivity contribution in [3.63, 3.8) is 0 Å². The molecule has 0 saturated heterocycles. The van der Waals surface area contributed by atoms with E-state index in [1.807, 2.05) is 31.1 Å². The SMILES string of the molecule is CN(C)c1ccc(-c2cc(C(=O)O)nc(NC3CCCCC3)c2C(=N)C2CC2)cn1. The molecule has 2 heterocycles. The van der Waals surface area contributed by atoms with Gasteiger partial charge >= 0.3 is 5.97 Å². The normalized spacial score (nSPS) is 16.9. The minimum absolute atomic E-state index is 0.00709. The lowest BCUT2D eigenvalue weighted by Gasteiger charge is -2.26. The Balaban J connectivity index is 1.83. The van der Waals surface area contributed by atoms with Crippen molar-refractivity contribution in [1.29, 1.82) is 5.41 Å². The van der Waals surface area contributed by atoms with Crippen LogP contribution in [0, 0.1) is 11.3 Å². The molecular weight excluding hydrogens is 378 g/mol. The van der Waals surface area contributed by atoms with Crippen molar-refractivity contribution in [2.45, 2.75) is 51.0 Å². The van der Waals surface area contributed by atoms with E-state index in [0.29, 0.717) is 11.5 Å². The number of aromatic nitrogens is 2. The summed E-state index contributed by atoms with van der Waals surface area (Å²) in [6.07, 6.45) is 9.40. The Hall–Kier alpha value is -2.96. The van der Waals surface area contributed by atoms with Gasteiger partial charge in [-0.15, -0.1) is 0 Å². The van der Waals surface area contributed by atoms with Crippen molar-refractivity contribution >= 4 is 23.3 Å². The Bertz CT molecular complexity index is 945. The van der Waals surface area contributed by atoms with E-state index in [0.717, 1.165) is 61.0 Å². The highest BCUT2D eigenvalue weighted by atomic mass is 16.4. The maximum absolute atomic E-state index is 11.8. The number of anilines is 2. The van der Waals surface area contributed by atoms with Gasteiger partial charge in [0.05, 0.1) is 0 Å². The summed E-state index contributed by atoms with van der Waals surface area (Å²) in [6, 6.07) is 5.71. The van der Waals surface area contributed by atoms with Gasteiger partial charge in [0, 0.05) is 49.1 Å². The molecule has 0 amide bonds. The van der Waals surface area contributed by atoms with Crippen molar-refractivity contribution in [2.24, 2.45) is 5.92 Å². The minimum Gasteiger partial charge on any atom is -0.477 e. The highest BCUT2D eigenvalue weighted by Gasteiger charge is 2.32. The molecule has 2 aromatic rings. The summed E-state index contributed by atoms with van der Waals surface area (Å²) in [7, 11) is 3.86. The van der Waals surface area contributed by atoms with Gasteiger partial charge in [-0.2, -0.15) is 0 Å². The molecule has 2 fully saturated rings. The molecular formula is C23H29N5O2. The third kappa shape index (κ3) is 4.30. The molecule has 0 aliphatic heterocycles. The zero-order chi connectivity index (χ0) is 21.3. The smallest absolute Gasteiger partial charge is 0.354 e. The lowest BCUT2D eigenvalue weighted by molar-refractivity contribution is 0.0690. The van der Waals surface area contributed by atoms with E-state index in [1.165, 1.54) is 6.42 Å². The summed E-state index contributed by atoms with van der Waals surface area (Å²) in [4.78, 5) is 22.7. The Morgan fingerprint density at radius 3 is 2.47 bits per heavy atom. The number of carbonyl (C=O) groups is 1. The molecule has 2 aromatic heterocycles. The Morgan fingerprint density at radius 1 is 1.17 bits per heavy atom. The number of aromatic carboxylic acids is 1. The standard InChI is InChI=1S/C23H29N5O2/c1-28(2)19-11-10-15(13-25-19)17-12-18(23(29)30)27-22(20(17)21(24)14-8-9-14)26-16-6-4-3-5-7-16/h10-14,16,24H,3-9H2,1-2H3,(H,26,27)(H,29,30). The molecule has 0 unspecified atom stereocenters. The molecule has 7 heteroatoms. The summed E-state index contributed by atoms with van der Waals surface area (Å²) in [5.41, 5.74) is 2.79. The lowest BCUT2D eigenvalue weighted by atomic mass is 9.93. The number of nitrogens with one attached hydrogen (secondary N) is 2. The molecule has 0 bridgehead atoms. The number of pyridine rings is 2. The van der Waals surface area contributed by atoms with Crippen molar-refractivity contribution in [2.75, 3.05) is 24.3 Å². The van der Waals surface area contributed by atoms with E-state index < -0.39 is 5.97 Å². The van der Waals surface area contributed by atoms with Crippen molar-refractivity contribution in [3.8, 4) is 11.1 Å². The van der Waals surface area contributed by atoms with Crippen molar-refractivity contribution in [3.05, 3.63) is 35.7 Å². The lowest BCUT2D eigenvalue weighted by Crippen LogP contribution is -2.25. The van der Waals surface area contributed by atoms with Crippen LogP contribution in [-0.4, -0.2) is 46.9 Å². The number of hydrogen-bond donors (Lipinski definition) is 3. The van der Waals surface area contributed by atoms with E-state index in [9.17, 15) is 9.90 Å². The zero-order valence-electron chi connectivity index (χ0n) is 17.6. The van der Waals surface area contributed by atoms with Gasteiger partial charge in [0.1, 0.15) is 11.6 Å². The molecule has 2 saturated carbocycles. The van der Waals surface area contributed by atoms with E-state index in [-0.39, 0.29) is 17.7 Å². The summed E-state index contributed by atoms with van der Waals surface area (Å²) in [5.74, 6) is 0.517. The largest absolute Gasteiger partial charge is 0.477 e. The molecule has 4 rings (SSSR count). The second-order valence-electron chi connectivity index (χ2n) is 8.55. The summed E-state index contributed by atoms with van der Waals surface area (Å²) >= 11 is 0. The molecule has 0 spiro atoms. The molecule has 0 radical (unpaired) electrons. The maximum atomic E-state index is 11.8. The average molecular weight is 408 g/mol. The van der Waals surface area contributed by atoms with Gasteiger partial charge < -0.3 is 20.7 Å². The number of nitrogens with zero attached hydrogens (tertiary/aromatic N) is 3. The molecule has 7 nitrogen and oxygen atoms in total. The van der Waals surface area contributed by atoms with Crippen LogP contribution in [0.3, 0.4) is 0 Å². The third-order valence-electron chi connectivity index (χ3n) is 5.96. The summed E-state index contributed by atoms with van der Waals surface area (Å²) < 4.78 is 0. The predicted molar refractivity (Wildman–Crippen MR) is 119 cm³/mol. The molecule has 0 aromatic carbocycles. The van der Waals surface area contributed by atoms with E-state index in [1.54, 1.807) is 12.3 Å². The van der Waals surface area contributed by atoms with Crippen LogP contribution in [0.5, 0.6) is 0 Å². The fraction of sp³-hybridized carbons (Fsp3) is 0.478. The van der Waals surface area contributed by atoms with Gasteiger partial charge in [-0.1, -0.05) is 19.3 Å². The number of rotatable bonds is 7. The quantitative estimate of drug-likeness (QED) is 0.587. The predicted octanol–water partition coefficient (Wildman–Crippen LogP) is 4.43. The van der Waals surface area contributed by atoms with Gasteiger partial charge in [-0.25, -0.2) is 14.8 Å². The molecule has 158 valence electrons. The monoisotopic (exact) mass is 407 g/mol. The van der Waals surface area contributed by atoms with Crippen LogP contribution in [0.1, 0.15) is 61.0 Å². The van der Waals surface area contributed by atoms with Crippen LogP contribution in [0.2, 0.25) is 0 Å². The van der Waals surface area contributed by atoms with Crippen LogP contribution < -0.4 is 10.2 Å². The maximum Gasteiger partial charge on any atom is 0.354 e. The Morgan fingerprint density at radius 2 is 1.90 bits per heavy atom. The first-order valence-corrected chi connectivity index (χ1v) is 10.7. The summed E-state index contributed by atoms with van der Waals surface area (Å²) in [6.45, 7) is 0. The Kier molecular flexibility index (Phi) is 5.70. The van der Waals surface area contributed by atoms with Crippen LogP contribution in [-0.2, 0) is 0 Å². The van der Waals surface area contributed by atoms with E-state index in [2.05, 4.69) is 15.3 Å². The second kappa shape index (κ2) is 8.42. The first-order valence-electron chi connectivity index (χ1n) is 10.7. The van der Waals surface area contributed by atoms with Gasteiger partial charge in [0.2, 0.25) is 0 Å². The average Bonchev–Trinajstić information content (AvgIpc) is 3.59. The van der Waals surface area contributed by atoms with Crippen LogP contribution in [0.25, 0.3) is 11.1 Å². The number of carboxylic acids is 1. The van der Waals surface area contributed by atoms with Gasteiger partial charge in [0.15, 0.2) is 5.69 Å². The number of hydrogen-bond acceptors (Lipinski definition) is 6. The Labute approximate surface area is 177 Å². The molecule has 0 atom stereocenters. The van der Waals surface area contributed by atoms with Crippen molar-refractivity contribution < 1.29 is 9.90 Å². The van der Waals surface area contributed by atoms with Crippen LogP contribution in [0.15, 0.2) is 24.4 Å². The van der Waals surface area contributed by atoms with Crippen molar-refractivity contribution in [1.82, 2.24) is 9.97 Å². The second-order valence-corrected chi connectivity index (χ2v) is 8.55. The fourth-order valence-electron chi connectivity index (χ4n) is 4.09. The number of carboxylic acid groups (broad SMARTS) is 1. The first kappa shape index (κ1) is 20.3. The highest BCUT2D eigenvalue weighted by Crippen LogP contribution is 2.39. The third-order valence-corrected chi connectivity index (χ3v) is 5.96. The van der Waals surface area contributed by atoms with Gasteiger partial charge in [0.25, 0.3) is 0 Å². The molecule has 30 heavy (non-hydrogen) atoms. The first-order chi connectivity index (χ1) is 14.4. The highest BCUT2D eigenvalue weighted by molar-refractivity contribution is 6.11. The molecule has 2 aliphatic rings. The minimum atomic E-state index is -1.06. The van der Waals surface area contributed by atoms with E-state index >= 15 is 0 Å². The zero-order valence-corrected chi connectivity index (χ0v) is 17.6. The van der Waals surface area contributed by atoms with Gasteiger partial charge in [-0.3, -0.25) is 0 Å².